The highest BCUT2D eigenvalue weighted by Gasteiger charge is 2.16. The summed E-state index contributed by atoms with van der Waals surface area (Å²) < 4.78 is 4.80. The number of benzene rings is 1. The summed E-state index contributed by atoms with van der Waals surface area (Å²) in [6.07, 6.45) is 1.42. The first kappa shape index (κ1) is 13.1. The number of aryl methyl sites for hydroxylation is 1. The van der Waals surface area contributed by atoms with Crippen molar-refractivity contribution >= 4 is 29.2 Å². The van der Waals surface area contributed by atoms with E-state index in [-0.39, 0.29) is 16.3 Å². The Balaban J connectivity index is 2.25. The highest BCUT2D eigenvalue weighted by molar-refractivity contribution is 6.33. The van der Waals surface area contributed by atoms with E-state index in [2.05, 4.69) is 10.5 Å². The zero-order valence-electron chi connectivity index (χ0n) is 9.81. The molecule has 7 heteroatoms. The van der Waals surface area contributed by atoms with Crippen LogP contribution < -0.4 is 5.32 Å². The quantitative estimate of drug-likeness (QED) is 0.901. The van der Waals surface area contributed by atoms with Crippen molar-refractivity contribution in [3.8, 4) is 0 Å². The fraction of sp³-hybridized carbons (Fsp3) is 0.0833. The fourth-order valence-electron chi connectivity index (χ4n) is 1.46. The van der Waals surface area contributed by atoms with E-state index >= 15 is 0 Å². The number of carboxylic acid groups (broad SMARTS) is 1. The number of aromatic carboxylic acids is 1. The minimum absolute atomic E-state index is 0.0758. The van der Waals surface area contributed by atoms with Gasteiger partial charge in [0.15, 0.2) is 0 Å². The molecule has 0 unspecified atom stereocenters. The average Bonchev–Trinajstić information content (AvgIpc) is 2.77. The summed E-state index contributed by atoms with van der Waals surface area (Å²) in [6, 6.07) is 4.17. The second-order valence-electron chi connectivity index (χ2n) is 3.79. The Morgan fingerprint density at radius 1 is 1.42 bits per heavy atom. The molecule has 1 aromatic carbocycles. The number of rotatable bonds is 3. The number of halogens is 1. The predicted molar refractivity (Wildman–Crippen MR) is 67.6 cm³/mol. The molecule has 0 saturated carbocycles. The Labute approximate surface area is 113 Å². The van der Waals surface area contributed by atoms with E-state index in [1.54, 1.807) is 6.92 Å². The van der Waals surface area contributed by atoms with Crippen LogP contribution in [-0.4, -0.2) is 22.1 Å². The molecule has 0 bridgehead atoms. The van der Waals surface area contributed by atoms with Crippen LogP contribution in [0.15, 0.2) is 28.9 Å². The van der Waals surface area contributed by atoms with Crippen LogP contribution in [-0.2, 0) is 0 Å². The number of nitrogens with zero attached hydrogens (tertiary/aromatic N) is 1. The fourth-order valence-corrected chi connectivity index (χ4v) is 1.66. The monoisotopic (exact) mass is 280 g/mol. The molecule has 1 amide bonds. The van der Waals surface area contributed by atoms with Gasteiger partial charge in [0.2, 0.25) is 5.76 Å². The zero-order chi connectivity index (χ0) is 14.0. The lowest BCUT2D eigenvalue weighted by atomic mass is 10.2. The Kier molecular flexibility index (Phi) is 3.52. The van der Waals surface area contributed by atoms with Crippen LogP contribution in [0.1, 0.15) is 26.5 Å². The highest BCUT2D eigenvalue weighted by Crippen LogP contribution is 2.21. The van der Waals surface area contributed by atoms with Crippen LogP contribution >= 0.6 is 11.6 Å². The molecule has 0 saturated heterocycles. The molecule has 0 radical (unpaired) electrons. The van der Waals surface area contributed by atoms with Crippen molar-refractivity contribution in [3.05, 3.63) is 46.3 Å². The first-order valence-corrected chi connectivity index (χ1v) is 5.62. The Hall–Kier alpha value is -2.34. The van der Waals surface area contributed by atoms with Crippen LogP contribution in [0.2, 0.25) is 5.02 Å². The van der Waals surface area contributed by atoms with Gasteiger partial charge in [0, 0.05) is 11.3 Å². The molecule has 98 valence electrons. The Bertz CT molecular complexity index is 651. The molecular formula is C12H9ClN2O4. The second-order valence-corrected chi connectivity index (χ2v) is 4.20. The first-order valence-electron chi connectivity index (χ1n) is 5.24. The third kappa shape index (κ3) is 2.74. The predicted octanol–water partition coefficient (Wildman–Crippen LogP) is 2.59. The van der Waals surface area contributed by atoms with Gasteiger partial charge in [-0.2, -0.15) is 0 Å². The van der Waals surface area contributed by atoms with E-state index in [9.17, 15) is 9.59 Å². The van der Waals surface area contributed by atoms with Crippen LogP contribution in [0.5, 0.6) is 0 Å². The molecule has 0 spiro atoms. The van der Waals surface area contributed by atoms with Crippen LogP contribution in [0, 0.1) is 6.92 Å². The molecule has 6 nitrogen and oxygen atoms in total. The van der Waals surface area contributed by atoms with Crippen molar-refractivity contribution in [2.45, 2.75) is 6.92 Å². The Morgan fingerprint density at radius 3 is 2.74 bits per heavy atom. The van der Waals surface area contributed by atoms with E-state index in [1.807, 2.05) is 0 Å². The lowest BCUT2D eigenvalue weighted by Gasteiger charge is -2.05. The van der Waals surface area contributed by atoms with Crippen molar-refractivity contribution in [2.24, 2.45) is 0 Å². The van der Waals surface area contributed by atoms with Crippen molar-refractivity contribution in [3.63, 3.8) is 0 Å². The Morgan fingerprint density at radius 2 is 2.16 bits per heavy atom. The normalized spacial score (nSPS) is 10.2. The lowest BCUT2D eigenvalue weighted by molar-refractivity contribution is 0.0696. The maximum absolute atomic E-state index is 11.8. The minimum Gasteiger partial charge on any atom is -0.478 e. The number of carbonyl (C=O) groups excluding carboxylic acids is 1. The molecule has 0 atom stereocenters. The molecule has 0 aliphatic rings. The summed E-state index contributed by atoms with van der Waals surface area (Å²) in [5.41, 5.74) is 0.807. The van der Waals surface area contributed by atoms with E-state index in [1.165, 1.54) is 24.4 Å². The topological polar surface area (TPSA) is 92.4 Å². The van der Waals surface area contributed by atoms with E-state index in [0.717, 1.165) is 0 Å². The number of nitrogens with one attached hydrogen (secondary N) is 1. The number of hydrogen-bond acceptors (Lipinski definition) is 4. The number of amides is 1. The summed E-state index contributed by atoms with van der Waals surface area (Å²) in [5, 5.41) is 15.0. The number of carboxylic acids is 1. The molecule has 2 rings (SSSR count). The van der Waals surface area contributed by atoms with E-state index < -0.39 is 11.9 Å². The van der Waals surface area contributed by atoms with Crippen molar-refractivity contribution in [2.75, 3.05) is 5.32 Å². The largest absolute Gasteiger partial charge is 0.478 e. The van der Waals surface area contributed by atoms with Gasteiger partial charge in [-0.05, 0) is 25.1 Å². The minimum atomic E-state index is -1.17. The van der Waals surface area contributed by atoms with Gasteiger partial charge in [-0.3, -0.25) is 4.79 Å². The number of anilines is 1. The van der Waals surface area contributed by atoms with Gasteiger partial charge in [-0.15, -0.1) is 0 Å². The highest BCUT2D eigenvalue weighted by atomic mass is 35.5. The molecule has 2 N–H and O–H groups in total. The standard InChI is InChI=1S/C12H9ClN2O4/c1-6-5-14-19-10(6)11(16)15-7-2-3-9(13)8(4-7)12(17)18/h2-5H,1H3,(H,15,16)(H,17,18). The van der Waals surface area contributed by atoms with Crippen LogP contribution in [0.4, 0.5) is 5.69 Å². The molecule has 0 fully saturated rings. The second kappa shape index (κ2) is 5.11. The zero-order valence-corrected chi connectivity index (χ0v) is 10.6. The molecule has 1 heterocycles. The maximum atomic E-state index is 11.8. The number of carbonyl (C=O) groups is 2. The van der Waals surface area contributed by atoms with Gasteiger partial charge in [0.1, 0.15) is 0 Å². The van der Waals surface area contributed by atoms with Crippen molar-refractivity contribution in [1.82, 2.24) is 5.16 Å². The molecule has 2 aromatic rings. The van der Waals surface area contributed by atoms with Gasteiger partial charge in [-0.25, -0.2) is 4.79 Å². The summed E-state index contributed by atoms with van der Waals surface area (Å²) in [7, 11) is 0. The van der Waals surface area contributed by atoms with Crippen molar-refractivity contribution < 1.29 is 19.2 Å². The number of hydrogen-bond donors (Lipinski definition) is 2. The number of aromatic nitrogens is 1. The van der Waals surface area contributed by atoms with Crippen LogP contribution in [0.3, 0.4) is 0 Å². The molecule has 1 aromatic heterocycles. The third-order valence-electron chi connectivity index (χ3n) is 2.41. The molecule has 0 aliphatic carbocycles. The van der Waals surface area contributed by atoms with E-state index in [4.69, 9.17) is 21.2 Å². The maximum Gasteiger partial charge on any atom is 0.337 e. The molecule has 0 aliphatic heterocycles. The first-order chi connectivity index (χ1) is 8.99. The van der Waals surface area contributed by atoms with Gasteiger partial charge in [0.05, 0.1) is 16.8 Å². The van der Waals surface area contributed by atoms with E-state index in [0.29, 0.717) is 11.3 Å². The van der Waals surface area contributed by atoms with Gasteiger partial charge in [-0.1, -0.05) is 16.8 Å². The average molecular weight is 281 g/mol. The molecule has 19 heavy (non-hydrogen) atoms. The SMILES string of the molecule is Cc1cnoc1C(=O)Nc1ccc(Cl)c(C(=O)O)c1. The van der Waals surface area contributed by atoms with Gasteiger partial charge >= 0.3 is 5.97 Å². The van der Waals surface area contributed by atoms with Gasteiger partial charge < -0.3 is 14.9 Å². The summed E-state index contributed by atoms with van der Waals surface area (Å²) >= 11 is 5.73. The van der Waals surface area contributed by atoms with Crippen molar-refractivity contribution in [1.29, 1.82) is 0 Å². The summed E-state index contributed by atoms with van der Waals surface area (Å²) in [4.78, 5) is 22.8. The van der Waals surface area contributed by atoms with Crippen LogP contribution in [0.25, 0.3) is 0 Å². The van der Waals surface area contributed by atoms with Gasteiger partial charge in [0.25, 0.3) is 5.91 Å². The molecular weight excluding hydrogens is 272 g/mol. The summed E-state index contributed by atoms with van der Waals surface area (Å²) in [5.74, 6) is -1.60. The third-order valence-corrected chi connectivity index (χ3v) is 2.74. The summed E-state index contributed by atoms with van der Waals surface area (Å²) in [6.45, 7) is 1.68. The smallest absolute Gasteiger partial charge is 0.337 e. The lowest BCUT2D eigenvalue weighted by Crippen LogP contribution is -2.12.